The average molecular weight is 440 g/mol. The Morgan fingerprint density at radius 2 is 1.81 bits per heavy atom. The Morgan fingerprint density at radius 1 is 1.06 bits per heavy atom. The number of H-pyrrole nitrogens is 1. The lowest BCUT2D eigenvalue weighted by atomic mass is 9.97. The Labute approximate surface area is 180 Å². The Kier molecular flexibility index (Phi) is 5.30. The minimum Gasteiger partial charge on any atom is -0.311 e. The van der Waals surface area contributed by atoms with Gasteiger partial charge in [0, 0.05) is 30.2 Å². The molecule has 0 aliphatic carbocycles. The smallest absolute Gasteiger partial charge is 0.238 e. The number of sulfonamides is 1. The van der Waals surface area contributed by atoms with Crippen molar-refractivity contribution in [1.29, 1.82) is 0 Å². The van der Waals surface area contributed by atoms with Crippen molar-refractivity contribution in [2.75, 3.05) is 0 Å². The van der Waals surface area contributed by atoms with Gasteiger partial charge in [-0.3, -0.25) is 0 Å². The molecule has 0 spiro atoms. The van der Waals surface area contributed by atoms with Crippen LogP contribution in [0, 0.1) is 0 Å². The molecule has 0 radical (unpaired) electrons. The second-order valence-corrected chi connectivity index (χ2v) is 9.89. The molecule has 2 aromatic carbocycles. The maximum absolute atomic E-state index is 12.2. The van der Waals surface area contributed by atoms with Gasteiger partial charge in [-0.2, -0.15) is 0 Å². The largest absolute Gasteiger partial charge is 0.311 e. The first-order valence-corrected chi connectivity index (χ1v) is 12.0. The molecule has 2 aliphatic heterocycles. The van der Waals surface area contributed by atoms with Crippen molar-refractivity contribution in [3.63, 3.8) is 0 Å². The van der Waals surface area contributed by atoms with E-state index in [9.17, 15) is 8.42 Å². The minimum absolute atomic E-state index is 0.0187. The zero-order chi connectivity index (χ0) is 21.4. The second-order valence-electron chi connectivity index (χ2n) is 8.36. The number of benzene rings is 2. The molecule has 2 fully saturated rings. The van der Waals surface area contributed by atoms with Gasteiger partial charge in [-0.05, 0) is 58.9 Å². The van der Waals surface area contributed by atoms with Gasteiger partial charge < -0.3 is 10.6 Å². The second kappa shape index (κ2) is 8.12. The highest BCUT2D eigenvalue weighted by molar-refractivity contribution is 7.89. The topological polar surface area (TPSA) is 139 Å². The summed E-state index contributed by atoms with van der Waals surface area (Å²) in [5.74, 6) is 0.255. The Balaban J connectivity index is 1.38. The van der Waals surface area contributed by atoms with Gasteiger partial charge in [0.2, 0.25) is 10.0 Å². The van der Waals surface area contributed by atoms with Crippen molar-refractivity contribution < 1.29 is 8.42 Å². The molecular weight excluding hydrogens is 414 g/mol. The highest BCUT2D eigenvalue weighted by Crippen LogP contribution is 2.35. The summed E-state index contributed by atoms with van der Waals surface area (Å²) in [4.78, 5) is -0.0187. The van der Waals surface area contributed by atoms with E-state index < -0.39 is 10.0 Å². The maximum atomic E-state index is 12.2. The summed E-state index contributed by atoms with van der Waals surface area (Å²) in [6, 6.07) is 14.9. The van der Waals surface area contributed by atoms with E-state index >= 15 is 0 Å². The van der Waals surface area contributed by atoms with Crippen LogP contribution in [0.3, 0.4) is 0 Å². The van der Waals surface area contributed by atoms with Crippen LogP contribution >= 0.6 is 0 Å². The summed E-state index contributed by atoms with van der Waals surface area (Å²) in [5, 5.41) is 26.5. The lowest BCUT2D eigenvalue weighted by Crippen LogP contribution is -2.46. The fraction of sp³-hybridized carbons (Fsp3) is 0.381. The number of aromatic amines is 1. The first-order chi connectivity index (χ1) is 15.0. The van der Waals surface area contributed by atoms with Crippen LogP contribution in [0.5, 0.6) is 0 Å². The SMILES string of the molecule is NS(=O)(=O)c1cccc(-c2ccc(CNC3C[C@H]4CC[C@@H](C3)N4)cc2)c1-c1nnn[nH]1. The number of hydrogen-bond acceptors (Lipinski definition) is 7. The molecule has 31 heavy (non-hydrogen) atoms. The van der Waals surface area contributed by atoms with Crippen molar-refractivity contribution in [2.45, 2.75) is 55.2 Å². The van der Waals surface area contributed by atoms with Crippen molar-refractivity contribution in [3.05, 3.63) is 48.0 Å². The molecule has 3 heterocycles. The monoisotopic (exact) mass is 439 g/mol. The fourth-order valence-corrected chi connectivity index (χ4v) is 5.57. The van der Waals surface area contributed by atoms with E-state index in [4.69, 9.17) is 5.14 Å². The van der Waals surface area contributed by atoms with Crippen LogP contribution in [0.2, 0.25) is 0 Å². The highest BCUT2D eigenvalue weighted by Gasteiger charge is 2.33. The van der Waals surface area contributed by atoms with E-state index in [1.54, 1.807) is 6.07 Å². The Hall–Kier alpha value is -2.66. The molecule has 9 nitrogen and oxygen atoms in total. The molecule has 5 N–H and O–H groups in total. The molecule has 2 bridgehead atoms. The predicted octanol–water partition coefficient (Wildman–Crippen LogP) is 1.55. The first kappa shape index (κ1) is 20.3. The number of aromatic nitrogens is 4. The lowest BCUT2D eigenvalue weighted by Gasteiger charge is -2.29. The molecule has 1 unspecified atom stereocenters. The van der Waals surface area contributed by atoms with Gasteiger partial charge in [-0.15, -0.1) is 5.10 Å². The molecule has 1 aromatic heterocycles. The number of tetrazole rings is 1. The number of hydrogen-bond donors (Lipinski definition) is 4. The van der Waals surface area contributed by atoms with Gasteiger partial charge in [0.05, 0.1) is 4.90 Å². The summed E-state index contributed by atoms with van der Waals surface area (Å²) >= 11 is 0. The van der Waals surface area contributed by atoms with E-state index in [1.165, 1.54) is 37.3 Å². The molecule has 2 saturated heterocycles. The molecule has 2 aliphatic rings. The summed E-state index contributed by atoms with van der Waals surface area (Å²) in [6.45, 7) is 0.806. The van der Waals surface area contributed by atoms with Crippen LogP contribution in [0.15, 0.2) is 47.4 Å². The number of nitrogens with one attached hydrogen (secondary N) is 3. The van der Waals surface area contributed by atoms with Crippen LogP contribution in [0.25, 0.3) is 22.5 Å². The zero-order valence-corrected chi connectivity index (χ0v) is 17.8. The quantitative estimate of drug-likeness (QED) is 0.457. The molecular formula is C21H25N7O2S. The Bertz CT molecular complexity index is 1150. The van der Waals surface area contributed by atoms with Crippen molar-refractivity contribution in [2.24, 2.45) is 5.14 Å². The standard InChI is InChI=1S/C21H25N7O2S/c22-31(29,30)19-3-1-2-18(20(19)21-25-27-28-26-21)14-6-4-13(5-7-14)12-23-17-10-15-8-9-16(11-17)24-15/h1-7,15-17,23-24H,8-12H2,(H2,22,29,30)(H,25,26,27,28)/t15-,16+,17?. The number of rotatable bonds is 6. The van der Waals surface area contributed by atoms with E-state index in [0.29, 0.717) is 29.3 Å². The number of fused-ring (bicyclic) bond motifs is 2. The molecule has 3 atom stereocenters. The van der Waals surface area contributed by atoms with Crippen LogP contribution in [-0.2, 0) is 16.6 Å². The Morgan fingerprint density at radius 3 is 2.45 bits per heavy atom. The van der Waals surface area contributed by atoms with E-state index in [2.05, 4.69) is 43.4 Å². The zero-order valence-electron chi connectivity index (χ0n) is 17.0. The number of nitrogens with two attached hydrogens (primary N) is 1. The third-order valence-electron chi connectivity index (χ3n) is 6.25. The van der Waals surface area contributed by atoms with Gasteiger partial charge in [-0.1, -0.05) is 36.4 Å². The van der Waals surface area contributed by atoms with E-state index in [0.717, 1.165) is 12.1 Å². The van der Waals surface area contributed by atoms with Crippen molar-refractivity contribution >= 4 is 10.0 Å². The van der Waals surface area contributed by atoms with Gasteiger partial charge in [0.25, 0.3) is 0 Å². The fourth-order valence-electron chi connectivity index (χ4n) is 4.81. The minimum atomic E-state index is -3.95. The van der Waals surface area contributed by atoms with Crippen molar-refractivity contribution in [1.82, 2.24) is 31.3 Å². The summed E-state index contributed by atoms with van der Waals surface area (Å²) < 4.78 is 24.3. The summed E-state index contributed by atoms with van der Waals surface area (Å²) in [5.41, 5.74) is 3.10. The van der Waals surface area contributed by atoms with Gasteiger partial charge in [0.1, 0.15) is 0 Å². The molecule has 0 amide bonds. The van der Waals surface area contributed by atoms with Gasteiger partial charge in [-0.25, -0.2) is 18.7 Å². The highest BCUT2D eigenvalue weighted by atomic mass is 32.2. The molecule has 162 valence electrons. The molecule has 5 rings (SSSR count). The normalized spacial score (nSPS) is 23.2. The number of piperidine rings is 1. The first-order valence-electron chi connectivity index (χ1n) is 10.5. The average Bonchev–Trinajstić information content (AvgIpc) is 3.41. The lowest BCUT2D eigenvalue weighted by molar-refractivity contribution is 0.316. The van der Waals surface area contributed by atoms with Crippen LogP contribution in [0.1, 0.15) is 31.2 Å². The molecule has 0 saturated carbocycles. The predicted molar refractivity (Wildman–Crippen MR) is 116 cm³/mol. The van der Waals surface area contributed by atoms with Gasteiger partial charge in [0.15, 0.2) is 5.82 Å². The third kappa shape index (κ3) is 4.24. The summed E-state index contributed by atoms with van der Waals surface area (Å²) in [7, 11) is -3.95. The number of primary sulfonamides is 1. The molecule has 10 heteroatoms. The van der Waals surface area contributed by atoms with Crippen molar-refractivity contribution in [3.8, 4) is 22.5 Å². The van der Waals surface area contributed by atoms with Crippen LogP contribution in [0.4, 0.5) is 0 Å². The van der Waals surface area contributed by atoms with Crippen LogP contribution < -0.4 is 15.8 Å². The third-order valence-corrected chi connectivity index (χ3v) is 7.20. The molecule has 3 aromatic rings. The van der Waals surface area contributed by atoms with E-state index in [1.807, 2.05) is 18.2 Å². The van der Waals surface area contributed by atoms with Gasteiger partial charge >= 0.3 is 0 Å². The summed E-state index contributed by atoms with van der Waals surface area (Å²) in [6.07, 6.45) is 4.95. The number of nitrogens with zero attached hydrogens (tertiary/aromatic N) is 3. The maximum Gasteiger partial charge on any atom is 0.238 e. The van der Waals surface area contributed by atoms with Crippen LogP contribution in [-0.4, -0.2) is 47.2 Å². The van der Waals surface area contributed by atoms with E-state index in [-0.39, 0.29) is 10.7 Å².